The summed E-state index contributed by atoms with van der Waals surface area (Å²) in [6.45, 7) is 14.2. The van der Waals surface area contributed by atoms with Crippen molar-refractivity contribution in [3.63, 3.8) is 0 Å². The molecule has 20 nitrogen and oxygen atoms in total. The number of nitrogens with zero attached hydrogens (tertiary/aromatic N) is 7. The number of imide groups is 1. The number of nitro groups is 1. The van der Waals surface area contributed by atoms with Gasteiger partial charge in [-0.05, 0) is 185 Å². The molecule has 0 radical (unpaired) electrons. The Kier molecular flexibility index (Phi) is 17.8. The first-order chi connectivity index (χ1) is 42.4. The highest BCUT2D eigenvalue weighted by Gasteiger charge is 2.40. The summed E-state index contributed by atoms with van der Waals surface area (Å²) in [6, 6.07) is 26.2. The van der Waals surface area contributed by atoms with E-state index in [2.05, 4.69) is 77.0 Å². The number of piperazine rings is 1. The first-order valence-electron chi connectivity index (χ1n) is 30.9. The molecular weight excluding hydrogens is 1160 g/mol. The molecule has 12 rings (SSSR count). The van der Waals surface area contributed by atoms with Crippen molar-refractivity contribution in [2.75, 3.05) is 82.2 Å². The summed E-state index contributed by atoms with van der Waals surface area (Å²) in [7, 11) is -4.62. The van der Waals surface area contributed by atoms with Crippen LogP contribution in [0.5, 0.6) is 11.5 Å². The molecule has 7 heterocycles. The fourth-order valence-electron chi connectivity index (χ4n) is 13.9. The highest BCUT2D eigenvalue weighted by atomic mass is 35.5. The van der Waals surface area contributed by atoms with E-state index < -0.39 is 43.4 Å². The highest BCUT2D eigenvalue weighted by Crippen LogP contribution is 2.44. The zero-order valence-corrected chi connectivity index (χ0v) is 51.5. The lowest BCUT2D eigenvalue weighted by atomic mass is 9.72. The number of aromatic nitrogens is 2. The number of hydrogen-bond donors (Lipinski definition) is 4. The summed E-state index contributed by atoms with van der Waals surface area (Å²) in [4.78, 5) is 82.3. The third-order valence-corrected chi connectivity index (χ3v) is 20.5. The molecule has 4 saturated heterocycles. The normalized spacial score (nSPS) is 20.1. The molecule has 4 N–H and O–H groups in total. The van der Waals surface area contributed by atoms with Crippen molar-refractivity contribution < 1.29 is 37.3 Å². The first kappa shape index (κ1) is 60.6. The van der Waals surface area contributed by atoms with E-state index >= 15 is 0 Å². The van der Waals surface area contributed by atoms with Gasteiger partial charge in [-0.2, -0.15) is 0 Å². The van der Waals surface area contributed by atoms with E-state index in [4.69, 9.17) is 16.3 Å². The maximum atomic E-state index is 14.2. The Morgan fingerprint density at radius 3 is 2.42 bits per heavy atom. The summed E-state index contributed by atoms with van der Waals surface area (Å²) >= 11 is 6.28. The highest BCUT2D eigenvalue weighted by molar-refractivity contribution is 7.90. The molecule has 4 amide bonds. The Labute approximate surface area is 518 Å². The van der Waals surface area contributed by atoms with Crippen molar-refractivity contribution in [1.82, 2.24) is 39.6 Å². The molecule has 1 unspecified atom stereocenters. The number of fused-ring (bicyclic) bond motifs is 2. The Morgan fingerprint density at radius 2 is 1.66 bits per heavy atom. The minimum absolute atomic E-state index is 0.0468. The zero-order chi connectivity index (χ0) is 61.3. The van der Waals surface area contributed by atoms with Crippen molar-refractivity contribution in [2.24, 2.45) is 11.3 Å². The number of halogens is 1. The Balaban J connectivity index is 0.632. The van der Waals surface area contributed by atoms with Crippen LogP contribution in [0, 0.1) is 21.4 Å². The van der Waals surface area contributed by atoms with Gasteiger partial charge in [0.25, 0.3) is 27.5 Å². The molecule has 0 spiro atoms. The van der Waals surface area contributed by atoms with E-state index in [1.54, 1.807) is 35.4 Å². The van der Waals surface area contributed by atoms with Crippen LogP contribution < -0.4 is 25.0 Å². The van der Waals surface area contributed by atoms with Crippen LogP contribution in [0.1, 0.15) is 115 Å². The molecular formula is C66H76ClN11O9S. The van der Waals surface area contributed by atoms with Gasteiger partial charge < -0.3 is 34.6 Å². The number of carbonyl (C=O) groups is 4. The summed E-state index contributed by atoms with van der Waals surface area (Å²) in [5, 5.41) is 19.7. The predicted molar refractivity (Wildman–Crippen MR) is 338 cm³/mol. The minimum atomic E-state index is -4.62. The molecule has 0 bridgehead atoms. The second-order valence-corrected chi connectivity index (χ2v) is 27.4. The van der Waals surface area contributed by atoms with Crippen molar-refractivity contribution >= 4 is 78.9 Å². The van der Waals surface area contributed by atoms with Gasteiger partial charge in [-0.25, -0.2) is 18.1 Å². The van der Waals surface area contributed by atoms with E-state index in [1.807, 2.05) is 30.3 Å². The quantitative estimate of drug-likeness (QED) is 0.0336. The Morgan fingerprint density at radius 1 is 0.875 bits per heavy atom. The number of amides is 4. The lowest BCUT2D eigenvalue weighted by Crippen LogP contribution is -2.52. The third-order valence-electron chi connectivity index (χ3n) is 18.9. The van der Waals surface area contributed by atoms with Gasteiger partial charge in [-0.1, -0.05) is 55.3 Å². The molecule has 6 aromatic rings. The predicted octanol–water partition coefficient (Wildman–Crippen LogP) is 9.80. The number of piperidine rings is 3. The van der Waals surface area contributed by atoms with Crippen LogP contribution in [0.3, 0.4) is 0 Å². The van der Waals surface area contributed by atoms with Gasteiger partial charge in [0, 0.05) is 98.3 Å². The number of allylic oxidation sites excluding steroid dienone is 1. The molecule has 1 atom stereocenters. The van der Waals surface area contributed by atoms with Crippen molar-refractivity contribution in [3.8, 4) is 11.5 Å². The van der Waals surface area contributed by atoms with Crippen LogP contribution in [0.25, 0.3) is 16.6 Å². The van der Waals surface area contributed by atoms with E-state index in [0.717, 1.165) is 143 Å². The number of benzene rings is 4. The molecule has 1 aliphatic carbocycles. The van der Waals surface area contributed by atoms with Crippen LogP contribution in [-0.2, 0) is 32.6 Å². The minimum Gasteiger partial charge on any atom is -0.455 e. The number of nitrogens with one attached hydrogen (secondary N) is 4. The number of ether oxygens (including phenoxy) is 1. The number of hydrogen-bond acceptors (Lipinski definition) is 15. The Bertz CT molecular complexity index is 3790. The molecule has 0 saturated carbocycles. The number of aromatic amines is 1. The van der Waals surface area contributed by atoms with Crippen LogP contribution in [0.2, 0.25) is 5.02 Å². The van der Waals surface area contributed by atoms with Crippen LogP contribution in [-0.4, -0.2) is 151 Å². The lowest BCUT2D eigenvalue weighted by Gasteiger charge is -2.42. The number of rotatable bonds is 19. The molecule has 2 aromatic heterocycles. The average molecular weight is 1230 g/mol. The fourth-order valence-corrected chi connectivity index (χ4v) is 15.0. The SMILES string of the molecule is CC1(C)CCC(CN2CCN(c3ccc(C(=O)NS(=O)(=O)c4ccc(NCC5CCN(C6CCN(CCCc7cccc8c7CN(C7CCC(=O)NC7=O)C8=O)CC6)CC5)c([N+](=O)[O-])c4)c(Oc4cnc5[nH]ccc5c4)c3)CC2)=C(c2ccc(Cl)cc2)C1. The standard InChI is InChI=1S/C66H76ClN11O9S/c1-66(2)24-18-47(55(38-66)45-8-10-48(67)11-9-45)41-74-31-33-76(34-32-74)50-12-14-54(60(36-50)87-51-35-46-19-25-68-62(46)70-40-51)63(80)72-88(85,86)52-13-15-57(59(37-52)78(83)84)69-39-43-20-29-75(30-21-43)49-22-27-73(28-23-49)26-4-6-44-5-3-7-53-56(44)42-77(65(53)82)58-16-17-61(79)71-64(58)81/h3,5,7-15,19,25,35-37,40,43,49,58,69H,4,6,16-18,20-24,26-34,38-39,41-42H2,1-2H3,(H,68,70)(H,72,80)(H,71,79,81). The number of carbonyl (C=O) groups excluding carboxylic acids is 4. The number of H-pyrrole nitrogens is 1. The smallest absolute Gasteiger partial charge is 0.293 e. The van der Waals surface area contributed by atoms with Gasteiger partial charge in [0.1, 0.15) is 28.9 Å². The van der Waals surface area contributed by atoms with E-state index in [1.165, 1.54) is 35.0 Å². The largest absolute Gasteiger partial charge is 0.455 e. The van der Waals surface area contributed by atoms with Gasteiger partial charge in [-0.15, -0.1) is 0 Å². The molecule has 4 fully saturated rings. The van der Waals surface area contributed by atoms with Crippen LogP contribution in [0.4, 0.5) is 17.1 Å². The lowest BCUT2D eigenvalue weighted by molar-refractivity contribution is -0.384. The van der Waals surface area contributed by atoms with Crippen molar-refractivity contribution in [1.29, 1.82) is 0 Å². The Hall–Kier alpha value is -7.69. The monoisotopic (exact) mass is 1230 g/mol. The maximum absolute atomic E-state index is 14.2. The van der Waals surface area contributed by atoms with E-state index in [-0.39, 0.29) is 46.6 Å². The maximum Gasteiger partial charge on any atom is 0.293 e. The molecule has 6 aliphatic rings. The first-order valence-corrected chi connectivity index (χ1v) is 32.8. The summed E-state index contributed by atoms with van der Waals surface area (Å²) in [5.74, 6) is -1.10. The number of sulfonamides is 1. The van der Waals surface area contributed by atoms with Gasteiger partial charge in [0.15, 0.2) is 0 Å². The van der Waals surface area contributed by atoms with E-state index in [9.17, 15) is 37.7 Å². The zero-order valence-electron chi connectivity index (χ0n) is 49.9. The van der Waals surface area contributed by atoms with Gasteiger partial charge >= 0.3 is 0 Å². The fraction of sp³-hybridized carbons (Fsp3) is 0.439. The number of nitro benzene ring substituents is 1. The topological polar surface area (TPSA) is 236 Å². The van der Waals surface area contributed by atoms with E-state index in [0.29, 0.717) is 55.6 Å². The van der Waals surface area contributed by atoms with Crippen molar-refractivity contribution in [2.45, 2.75) is 108 Å². The van der Waals surface area contributed by atoms with Crippen LogP contribution in [0.15, 0.2) is 114 Å². The number of aryl methyl sites for hydroxylation is 1. The second kappa shape index (κ2) is 25.8. The molecule has 88 heavy (non-hydrogen) atoms. The number of likely N-dealkylation sites (tertiary alicyclic amines) is 2. The molecule has 5 aliphatic heterocycles. The van der Waals surface area contributed by atoms with Gasteiger partial charge in [0.05, 0.1) is 21.6 Å². The average Bonchev–Trinajstić information content (AvgIpc) is 2.66. The molecule has 4 aromatic carbocycles. The molecule has 462 valence electrons. The summed E-state index contributed by atoms with van der Waals surface area (Å²) < 4.78 is 36.6. The number of pyridine rings is 1. The summed E-state index contributed by atoms with van der Waals surface area (Å²) in [5.41, 5.74) is 8.25. The van der Waals surface area contributed by atoms with Crippen molar-refractivity contribution in [3.05, 3.63) is 152 Å². The second-order valence-electron chi connectivity index (χ2n) is 25.3. The van der Waals surface area contributed by atoms with Crippen LogP contribution >= 0.6 is 11.6 Å². The van der Waals surface area contributed by atoms with Gasteiger partial charge in [0.2, 0.25) is 11.8 Å². The molecule has 22 heteroatoms. The third kappa shape index (κ3) is 13.6. The number of anilines is 2. The summed E-state index contributed by atoms with van der Waals surface area (Å²) in [6.07, 6.45) is 12.8. The van der Waals surface area contributed by atoms with Gasteiger partial charge in [-0.3, -0.25) is 39.5 Å².